The molecule has 0 radical (unpaired) electrons. The number of carbonyl (C=O) groups excluding carboxylic acids is 3. The monoisotopic (exact) mass is 382 g/mol. The Bertz CT molecular complexity index is 678. The quantitative estimate of drug-likeness (QED) is 0.596. The molecule has 0 saturated carbocycles. The van der Waals surface area contributed by atoms with Crippen molar-refractivity contribution < 1.29 is 19.1 Å². The number of likely N-dealkylation sites (tertiary alicyclic amines) is 1. The Morgan fingerprint density at radius 3 is 2.80 bits per heavy atom. The number of nitrogens with one attached hydrogen (secondary N) is 1. The van der Waals surface area contributed by atoms with E-state index < -0.39 is 23.3 Å². The van der Waals surface area contributed by atoms with E-state index in [4.69, 9.17) is 4.74 Å². The van der Waals surface area contributed by atoms with Gasteiger partial charge in [-0.05, 0) is 36.8 Å². The molecule has 25 heavy (non-hydrogen) atoms. The van der Waals surface area contributed by atoms with Crippen molar-refractivity contribution >= 4 is 40.9 Å². The lowest BCUT2D eigenvalue weighted by atomic mass is 9.78. The molecule has 0 aromatic carbocycles. The van der Waals surface area contributed by atoms with E-state index in [2.05, 4.69) is 5.32 Å². The van der Waals surface area contributed by atoms with Crippen molar-refractivity contribution in [3.8, 4) is 0 Å². The molecule has 1 aromatic heterocycles. The molecule has 3 heterocycles. The van der Waals surface area contributed by atoms with Gasteiger partial charge in [0.1, 0.15) is 5.54 Å². The summed E-state index contributed by atoms with van der Waals surface area (Å²) in [6.07, 6.45) is 2.40. The Kier molecular flexibility index (Phi) is 5.22. The summed E-state index contributed by atoms with van der Waals surface area (Å²) in [6.45, 7) is 1.98. The molecular formula is C17H22N2O4S2. The van der Waals surface area contributed by atoms with Gasteiger partial charge in [-0.1, -0.05) is 6.07 Å². The van der Waals surface area contributed by atoms with E-state index in [1.807, 2.05) is 23.8 Å². The molecule has 3 rings (SSSR count). The average molecular weight is 383 g/mol. The normalized spacial score (nSPS) is 31.5. The molecule has 2 amide bonds. The van der Waals surface area contributed by atoms with Crippen molar-refractivity contribution in [2.24, 2.45) is 11.8 Å². The Hall–Kier alpha value is -1.38. The number of ether oxygens (including phenoxy) is 1. The molecule has 1 N–H and O–H groups in total. The summed E-state index contributed by atoms with van der Waals surface area (Å²) >= 11 is 3.12. The van der Waals surface area contributed by atoms with Crippen molar-refractivity contribution in [2.45, 2.75) is 24.9 Å². The Labute approximate surface area is 155 Å². The van der Waals surface area contributed by atoms with Crippen LogP contribution in [-0.4, -0.2) is 53.9 Å². The van der Waals surface area contributed by atoms with Crippen LogP contribution in [0.4, 0.5) is 0 Å². The van der Waals surface area contributed by atoms with Crippen LogP contribution in [0.2, 0.25) is 0 Å². The number of nitrogens with zero attached hydrogens (tertiary/aromatic N) is 1. The highest BCUT2D eigenvalue weighted by atomic mass is 32.2. The fourth-order valence-corrected chi connectivity index (χ4v) is 5.25. The molecular weight excluding hydrogens is 360 g/mol. The average Bonchev–Trinajstić information content (AvgIpc) is 3.28. The third-order valence-corrected chi connectivity index (χ3v) is 6.63. The highest BCUT2D eigenvalue weighted by molar-refractivity contribution is 7.98. The second kappa shape index (κ2) is 7.09. The molecule has 2 fully saturated rings. The molecule has 2 aliphatic heterocycles. The highest BCUT2D eigenvalue weighted by Crippen LogP contribution is 2.51. The summed E-state index contributed by atoms with van der Waals surface area (Å²) in [7, 11) is 1.50. The van der Waals surface area contributed by atoms with E-state index in [0.29, 0.717) is 12.2 Å². The van der Waals surface area contributed by atoms with Crippen molar-refractivity contribution in [1.29, 1.82) is 0 Å². The lowest BCUT2D eigenvalue weighted by Crippen LogP contribution is -2.56. The van der Waals surface area contributed by atoms with Crippen molar-refractivity contribution in [3.63, 3.8) is 0 Å². The summed E-state index contributed by atoms with van der Waals surface area (Å²) in [5, 5.41) is 5.30. The van der Waals surface area contributed by atoms with E-state index >= 15 is 0 Å². The Morgan fingerprint density at radius 1 is 1.44 bits per heavy atom. The lowest BCUT2D eigenvalue weighted by Gasteiger charge is -2.32. The summed E-state index contributed by atoms with van der Waals surface area (Å²) in [4.78, 5) is 40.7. The van der Waals surface area contributed by atoms with Gasteiger partial charge in [0.25, 0.3) is 0 Å². The number of hydrogen-bond acceptors (Lipinski definition) is 7. The van der Waals surface area contributed by atoms with Crippen LogP contribution >= 0.6 is 23.1 Å². The first-order chi connectivity index (χ1) is 12.0. The Balaban J connectivity index is 2.09. The third-order valence-electron chi connectivity index (χ3n) is 5.06. The molecule has 2 saturated heterocycles. The maximum absolute atomic E-state index is 12.9. The van der Waals surface area contributed by atoms with E-state index in [0.717, 1.165) is 4.88 Å². The third kappa shape index (κ3) is 2.80. The minimum atomic E-state index is -1.16. The zero-order valence-corrected chi connectivity index (χ0v) is 16.1. The molecule has 136 valence electrons. The number of rotatable bonds is 6. The molecule has 6 nitrogen and oxygen atoms in total. The molecule has 8 heteroatoms. The van der Waals surface area contributed by atoms with Crippen LogP contribution in [0.3, 0.4) is 0 Å². The van der Waals surface area contributed by atoms with E-state index in [9.17, 15) is 14.4 Å². The van der Waals surface area contributed by atoms with Crippen molar-refractivity contribution in [3.05, 3.63) is 22.4 Å². The van der Waals surface area contributed by atoms with E-state index in [1.54, 1.807) is 18.7 Å². The number of imide groups is 1. The molecule has 0 spiro atoms. The first kappa shape index (κ1) is 18.4. The van der Waals surface area contributed by atoms with Crippen LogP contribution in [0.5, 0.6) is 0 Å². The van der Waals surface area contributed by atoms with Crippen LogP contribution in [0.1, 0.15) is 24.3 Å². The van der Waals surface area contributed by atoms with Gasteiger partial charge in [-0.2, -0.15) is 11.8 Å². The number of carbonyl (C=O) groups is 3. The minimum absolute atomic E-state index is 0.226. The van der Waals surface area contributed by atoms with Gasteiger partial charge in [-0.3, -0.25) is 24.6 Å². The first-order valence-electron chi connectivity index (χ1n) is 8.26. The number of thiophene rings is 1. The van der Waals surface area contributed by atoms with E-state index in [1.165, 1.54) is 23.3 Å². The van der Waals surface area contributed by atoms with Crippen molar-refractivity contribution in [2.75, 3.05) is 25.7 Å². The van der Waals surface area contributed by atoms with Gasteiger partial charge in [-0.25, -0.2) is 0 Å². The van der Waals surface area contributed by atoms with Gasteiger partial charge in [0.15, 0.2) is 0 Å². The molecule has 0 unspecified atom stereocenters. The van der Waals surface area contributed by atoms with Crippen LogP contribution in [0.25, 0.3) is 0 Å². The minimum Gasteiger partial charge on any atom is -0.465 e. The van der Waals surface area contributed by atoms with Gasteiger partial charge in [0.2, 0.25) is 11.8 Å². The molecule has 4 atom stereocenters. The fraction of sp³-hybridized carbons (Fsp3) is 0.588. The second-order valence-electron chi connectivity index (χ2n) is 6.31. The number of esters is 1. The molecule has 0 bridgehead atoms. The molecule has 1 aromatic rings. The highest BCUT2D eigenvalue weighted by Gasteiger charge is 2.68. The first-order valence-corrected chi connectivity index (χ1v) is 10.5. The summed E-state index contributed by atoms with van der Waals surface area (Å²) in [5.74, 6) is -1.55. The van der Waals surface area contributed by atoms with Gasteiger partial charge in [0.05, 0.1) is 24.5 Å². The number of hydrogen-bond donors (Lipinski definition) is 1. The van der Waals surface area contributed by atoms with Gasteiger partial charge in [0, 0.05) is 11.9 Å². The summed E-state index contributed by atoms with van der Waals surface area (Å²) in [6, 6.07) is 3.50. The van der Waals surface area contributed by atoms with Crippen LogP contribution in [-0.2, 0) is 19.1 Å². The lowest BCUT2D eigenvalue weighted by molar-refractivity contribution is -0.156. The van der Waals surface area contributed by atoms with Crippen molar-refractivity contribution in [1.82, 2.24) is 10.2 Å². The smallest absolute Gasteiger partial charge is 0.327 e. The SMILES string of the molecule is CCOC(=O)[C@@]1(CCSC)N[C@@H](c2cccs2)[C@H]2C(=O)N(C)C(=O)[C@@H]21. The second-order valence-corrected chi connectivity index (χ2v) is 8.28. The zero-order valence-electron chi connectivity index (χ0n) is 14.5. The maximum atomic E-state index is 12.9. The fourth-order valence-electron chi connectivity index (χ4n) is 3.90. The molecule has 0 aliphatic carbocycles. The van der Waals surface area contributed by atoms with Gasteiger partial charge < -0.3 is 4.74 Å². The topological polar surface area (TPSA) is 75.7 Å². The van der Waals surface area contributed by atoms with Crippen LogP contribution in [0.15, 0.2) is 17.5 Å². The van der Waals surface area contributed by atoms with Gasteiger partial charge in [-0.15, -0.1) is 11.3 Å². The summed E-state index contributed by atoms with van der Waals surface area (Å²) in [5.41, 5.74) is -1.16. The number of fused-ring (bicyclic) bond motifs is 1. The standard InChI is InChI=1S/C17H22N2O4S2/c1-4-23-16(22)17(7-9-24-3)12-11(14(20)19(2)15(12)21)13(18-17)10-6-5-8-25-10/h5-6,8,11-13,18H,4,7,9H2,1-3H3/t11-,12+,13-,17-/m0/s1. The van der Waals surface area contributed by atoms with Crippen LogP contribution < -0.4 is 5.32 Å². The maximum Gasteiger partial charge on any atom is 0.327 e. The number of amides is 2. The number of thioether (sulfide) groups is 1. The predicted molar refractivity (Wildman–Crippen MR) is 97.3 cm³/mol. The Morgan fingerprint density at radius 2 is 2.20 bits per heavy atom. The van der Waals surface area contributed by atoms with E-state index in [-0.39, 0.29) is 24.5 Å². The largest absolute Gasteiger partial charge is 0.465 e. The van der Waals surface area contributed by atoms with Crippen LogP contribution in [0, 0.1) is 11.8 Å². The predicted octanol–water partition coefficient (Wildman–Crippen LogP) is 1.68. The summed E-state index contributed by atoms with van der Waals surface area (Å²) < 4.78 is 5.33. The van der Waals surface area contributed by atoms with Gasteiger partial charge >= 0.3 is 5.97 Å². The molecule has 2 aliphatic rings. The zero-order chi connectivity index (χ0) is 18.2.